The second kappa shape index (κ2) is 9.70. The second-order valence-electron chi connectivity index (χ2n) is 5.95. The van der Waals surface area contributed by atoms with E-state index in [1.54, 1.807) is 24.3 Å². The Morgan fingerprint density at radius 2 is 1.86 bits per heavy atom. The van der Waals surface area contributed by atoms with Crippen LogP contribution in [0.5, 0.6) is 5.75 Å². The van der Waals surface area contributed by atoms with Crippen molar-refractivity contribution >= 4 is 35.2 Å². The molecular weight excluding hydrogens is 394 g/mol. The normalized spacial score (nSPS) is 10.4. The number of carbonyl (C=O) groups excluding carboxylic acids is 1. The topological polar surface area (TPSA) is 112 Å². The number of nitrogens with one attached hydrogen (secondary N) is 1. The van der Waals surface area contributed by atoms with Crippen LogP contribution in [0.4, 0.5) is 17.6 Å². The van der Waals surface area contributed by atoms with Crippen LogP contribution < -0.4 is 15.8 Å². The molecule has 3 rings (SSSR count). The Bertz CT molecular complexity index is 999. The molecule has 0 atom stereocenters. The quantitative estimate of drug-likeness (QED) is 0.539. The Morgan fingerprint density at radius 3 is 2.66 bits per heavy atom. The Balaban J connectivity index is 1.59. The van der Waals surface area contributed by atoms with Gasteiger partial charge in [0.05, 0.1) is 5.02 Å². The van der Waals surface area contributed by atoms with Crippen LogP contribution in [-0.4, -0.2) is 27.5 Å². The number of ether oxygens (including phenoxy) is 2. The van der Waals surface area contributed by atoms with Crippen molar-refractivity contribution in [3.8, 4) is 5.75 Å². The predicted molar refractivity (Wildman–Crippen MR) is 110 cm³/mol. The third kappa shape index (κ3) is 5.79. The van der Waals surface area contributed by atoms with Crippen LogP contribution in [-0.2, 0) is 22.6 Å². The highest BCUT2D eigenvalue weighted by Gasteiger charge is 2.11. The molecule has 9 heteroatoms. The molecule has 3 N–H and O–H groups in total. The molecule has 0 fully saturated rings. The number of anilines is 3. The Hall–Kier alpha value is -3.39. The average Bonchev–Trinajstić information content (AvgIpc) is 2.71. The van der Waals surface area contributed by atoms with Crippen LogP contribution in [0.3, 0.4) is 0 Å². The molecule has 8 nitrogen and oxygen atoms in total. The van der Waals surface area contributed by atoms with E-state index < -0.39 is 5.97 Å². The van der Waals surface area contributed by atoms with E-state index >= 15 is 0 Å². The summed E-state index contributed by atoms with van der Waals surface area (Å²) in [7, 11) is 0. The van der Waals surface area contributed by atoms with E-state index in [4.69, 9.17) is 26.8 Å². The van der Waals surface area contributed by atoms with Crippen LogP contribution in [0.2, 0.25) is 5.02 Å². The maximum absolute atomic E-state index is 11.9. The molecule has 150 valence electrons. The van der Waals surface area contributed by atoms with Crippen molar-refractivity contribution < 1.29 is 14.3 Å². The first-order chi connectivity index (χ1) is 14.0. The van der Waals surface area contributed by atoms with E-state index in [9.17, 15) is 4.79 Å². The predicted octanol–water partition coefficient (Wildman–Crippen LogP) is 3.54. The number of nitrogens with zero attached hydrogens (tertiary/aromatic N) is 3. The number of carbonyl (C=O) groups is 1. The molecule has 29 heavy (non-hydrogen) atoms. The number of nitrogen functional groups attached to an aromatic ring is 1. The van der Waals surface area contributed by atoms with E-state index in [-0.39, 0.29) is 30.9 Å². The Labute approximate surface area is 173 Å². The van der Waals surface area contributed by atoms with Gasteiger partial charge in [0, 0.05) is 5.69 Å². The molecule has 0 saturated carbocycles. The molecule has 0 aliphatic carbocycles. The molecule has 1 aromatic heterocycles. The minimum atomic E-state index is -0.588. The monoisotopic (exact) mass is 413 g/mol. The first-order valence-electron chi connectivity index (χ1n) is 8.93. The van der Waals surface area contributed by atoms with Gasteiger partial charge in [0.25, 0.3) is 0 Å². The minimum Gasteiger partial charge on any atom is -0.480 e. The third-order valence-corrected chi connectivity index (χ3v) is 4.20. The van der Waals surface area contributed by atoms with Gasteiger partial charge < -0.3 is 20.5 Å². The zero-order chi connectivity index (χ0) is 20.6. The molecule has 0 bridgehead atoms. The highest BCUT2D eigenvalue weighted by molar-refractivity contribution is 6.32. The number of rotatable bonds is 8. The fourth-order valence-electron chi connectivity index (χ4n) is 2.51. The molecular formula is C20H20ClN5O3. The Morgan fingerprint density at radius 1 is 1.10 bits per heavy atom. The van der Waals surface area contributed by atoms with Gasteiger partial charge in [-0.3, -0.25) is 0 Å². The van der Waals surface area contributed by atoms with Crippen molar-refractivity contribution in [3.05, 3.63) is 64.9 Å². The zero-order valence-corrected chi connectivity index (χ0v) is 16.5. The number of hydrogen-bond donors (Lipinski definition) is 2. The maximum Gasteiger partial charge on any atom is 0.344 e. The highest BCUT2D eigenvalue weighted by atomic mass is 35.5. The van der Waals surface area contributed by atoms with Gasteiger partial charge in [-0.05, 0) is 30.2 Å². The van der Waals surface area contributed by atoms with Gasteiger partial charge in [-0.2, -0.15) is 15.0 Å². The SMILES string of the molecule is CCc1ccccc1Nc1nc(N)nc(COC(=O)COc2ccccc2Cl)n1. The van der Waals surface area contributed by atoms with Crippen LogP contribution in [0, 0.1) is 0 Å². The summed E-state index contributed by atoms with van der Waals surface area (Å²) in [6.07, 6.45) is 0.847. The van der Waals surface area contributed by atoms with E-state index in [0.29, 0.717) is 10.8 Å². The fourth-order valence-corrected chi connectivity index (χ4v) is 2.70. The summed E-state index contributed by atoms with van der Waals surface area (Å²) in [6.45, 7) is 1.60. The summed E-state index contributed by atoms with van der Waals surface area (Å²) in [5.74, 6) is 0.332. The van der Waals surface area contributed by atoms with E-state index in [2.05, 4.69) is 27.2 Å². The molecule has 3 aromatic rings. The summed E-state index contributed by atoms with van der Waals surface area (Å²) >= 11 is 5.98. The summed E-state index contributed by atoms with van der Waals surface area (Å²) in [6, 6.07) is 14.7. The van der Waals surface area contributed by atoms with Crippen molar-refractivity contribution in [3.63, 3.8) is 0 Å². The van der Waals surface area contributed by atoms with E-state index in [1.165, 1.54) is 0 Å². The summed E-state index contributed by atoms with van der Waals surface area (Å²) in [4.78, 5) is 24.3. The van der Waals surface area contributed by atoms with Crippen molar-refractivity contribution in [1.29, 1.82) is 0 Å². The maximum atomic E-state index is 11.9. The Kier molecular flexibility index (Phi) is 6.80. The van der Waals surface area contributed by atoms with Crippen LogP contribution in [0.15, 0.2) is 48.5 Å². The molecule has 1 heterocycles. The molecule has 0 saturated heterocycles. The number of aryl methyl sites for hydroxylation is 1. The lowest BCUT2D eigenvalue weighted by molar-refractivity contribution is -0.147. The largest absolute Gasteiger partial charge is 0.480 e. The van der Waals surface area contributed by atoms with E-state index in [1.807, 2.05) is 24.3 Å². The summed E-state index contributed by atoms with van der Waals surface area (Å²) in [5.41, 5.74) is 7.74. The first-order valence-corrected chi connectivity index (χ1v) is 9.31. The van der Waals surface area contributed by atoms with Gasteiger partial charge in [-0.1, -0.05) is 48.9 Å². The van der Waals surface area contributed by atoms with Gasteiger partial charge >= 0.3 is 5.97 Å². The molecule has 2 aromatic carbocycles. The van der Waals surface area contributed by atoms with Gasteiger partial charge in [-0.15, -0.1) is 0 Å². The number of halogens is 1. The van der Waals surface area contributed by atoms with Crippen LogP contribution in [0.25, 0.3) is 0 Å². The average molecular weight is 414 g/mol. The molecule has 0 spiro atoms. The van der Waals surface area contributed by atoms with Crippen molar-refractivity contribution in [2.24, 2.45) is 0 Å². The van der Waals surface area contributed by atoms with Gasteiger partial charge in [-0.25, -0.2) is 4.79 Å². The number of nitrogens with two attached hydrogens (primary N) is 1. The van der Waals surface area contributed by atoms with Crippen LogP contribution >= 0.6 is 11.6 Å². The molecule has 0 aliphatic heterocycles. The number of benzene rings is 2. The molecule has 0 aliphatic rings. The minimum absolute atomic E-state index is 0.0230. The third-order valence-electron chi connectivity index (χ3n) is 3.89. The standard InChI is InChI=1S/C20H20ClN5O3/c1-2-13-7-3-5-9-15(13)23-20-25-17(24-19(22)26-20)11-29-18(27)12-28-16-10-6-4-8-14(16)21/h3-10H,2,11-12H2,1H3,(H3,22,23,24,25,26). The lowest BCUT2D eigenvalue weighted by Crippen LogP contribution is -2.16. The number of esters is 1. The van der Waals surface area contributed by atoms with Crippen molar-refractivity contribution in [1.82, 2.24) is 15.0 Å². The molecule has 0 amide bonds. The molecule has 0 unspecified atom stereocenters. The second-order valence-corrected chi connectivity index (χ2v) is 6.36. The summed E-state index contributed by atoms with van der Waals surface area (Å²) in [5, 5.41) is 3.53. The van der Waals surface area contributed by atoms with Crippen molar-refractivity contribution in [2.75, 3.05) is 17.7 Å². The van der Waals surface area contributed by atoms with Gasteiger partial charge in [0.15, 0.2) is 19.0 Å². The first kappa shape index (κ1) is 20.3. The lowest BCUT2D eigenvalue weighted by Gasteiger charge is -2.11. The molecule has 0 radical (unpaired) electrons. The van der Waals surface area contributed by atoms with Gasteiger partial charge in [0.2, 0.25) is 11.9 Å². The smallest absolute Gasteiger partial charge is 0.344 e. The summed E-state index contributed by atoms with van der Waals surface area (Å²) < 4.78 is 10.5. The number of para-hydroxylation sites is 2. The van der Waals surface area contributed by atoms with E-state index in [0.717, 1.165) is 17.7 Å². The van der Waals surface area contributed by atoms with Gasteiger partial charge in [0.1, 0.15) is 5.75 Å². The lowest BCUT2D eigenvalue weighted by atomic mass is 10.1. The number of hydrogen-bond acceptors (Lipinski definition) is 8. The zero-order valence-electron chi connectivity index (χ0n) is 15.8. The van der Waals surface area contributed by atoms with Crippen molar-refractivity contribution in [2.45, 2.75) is 20.0 Å². The highest BCUT2D eigenvalue weighted by Crippen LogP contribution is 2.23. The van der Waals surface area contributed by atoms with Crippen LogP contribution in [0.1, 0.15) is 18.3 Å². The fraction of sp³-hybridized carbons (Fsp3) is 0.200. The number of aromatic nitrogens is 3.